The lowest BCUT2D eigenvalue weighted by Crippen LogP contribution is -2.25. The van der Waals surface area contributed by atoms with Gasteiger partial charge in [0.1, 0.15) is 0 Å². The van der Waals surface area contributed by atoms with E-state index in [1.807, 2.05) is 23.1 Å². The zero-order valence-corrected chi connectivity index (χ0v) is 12.6. The summed E-state index contributed by atoms with van der Waals surface area (Å²) in [5.41, 5.74) is 0.934. The van der Waals surface area contributed by atoms with Crippen LogP contribution in [0.2, 0.25) is 0 Å². The van der Waals surface area contributed by atoms with Gasteiger partial charge in [0.25, 0.3) is 0 Å². The van der Waals surface area contributed by atoms with E-state index in [9.17, 15) is 4.79 Å². The molecule has 1 aromatic rings. The van der Waals surface area contributed by atoms with Crippen molar-refractivity contribution in [3.63, 3.8) is 0 Å². The minimum Gasteiger partial charge on any atom is -0.311 e. The zero-order valence-electron chi connectivity index (χ0n) is 8.49. The third-order valence-corrected chi connectivity index (χ3v) is 4.34. The van der Waals surface area contributed by atoms with Crippen LogP contribution in [0.5, 0.6) is 0 Å². The maximum Gasteiger partial charge on any atom is 0.227 e. The fourth-order valence-corrected chi connectivity index (χ4v) is 2.88. The minimum atomic E-state index is 0.179. The van der Waals surface area contributed by atoms with E-state index >= 15 is 0 Å². The molecule has 1 fully saturated rings. The fraction of sp³-hybridized carbons (Fsp3) is 0.364. The van der Waals surface area contributed by atoms with E-state index in [1.54, 1.807) is 0 Å². The molecule has 0 aliphatic carbocycles. The van der Waals surface area contributed by atoms with Crippen molar-refractivity contribution in [2.24, 2.45) is 5.92 Å². The van der Waals surface area contributed by atoms with Gasteiger partial charge in [-0.1, -0.05) is 15.9 Å². The summed E-state index contributed by atoms with van der Waals surface area (Å²) >= 11 is 11.2. The van der Waals surface area contributed by atoms with Gasteiger partial charge in [-0.25, -0.2) is 0 Å². The first-order valence-electron chi connectivity index (χ1n) is 4.98. The highest BCUT2D eigenvalue weighted by atomic mass is 79.9. The second-order valence-electron chi connectivity index (χ2n) is 3.85. The molecule has 1 unspecified atom stereocenters. The number of benzene rings is 1. The molecule has 86 valence electrons. The maximum absolute atomic E-state index is 11.9. The smallest absolute Gasteiger partial charge is 0.227 e. The Morgan fingerprint density at radius 3 is 2.81 bits per heavy atom. The third kappa shape index (κ3) is 2.46. The summed E-state index contributed by atoms with van der Waals surface area (Å²) in [6, 6.07) is 5.85. The molecule has 0 N–H and O–H groups in total. The summed E-state index contributed by atoms with van der Waals surface area (Å²) in [5, 5.41) is 0. The number of halogens is 2. The van der Waals surface area contributed by atoms with Crippen LogP contribution in [0.4, 0.5) is 5.69 Å². The molecule has 1 saturated heterocycles. The van der Waals surface area contributed by atoms with Gasteiger partial charge in [0.2, 0.25) is 5.91 Å². The molecule has 0 saturated carbocycles. The second-order valence-corrected chi connectivity index (χ2v) is 5.99. The number of rotatable bonds is 2. The average Bonchev–Trinajstić information content (AvgIpc) is 2.63. The van der Waals surface area contributed by atoms with Crippen LogP contribution in [0.1, 0.15) is 6.42 Å². The molecular formula is C11H11Br2NOS. The van der Waals surface area contributed by atoms with E-state index in [-0.39, 0.29) is 5.91 Å². The van der Waals surface area contributed by atoms with E-state index in [2.05, 4.69) is 44.5 Å². The van der Waals surface area contributed by atoms with Gasteiger partial charge in [0, 0.05) is 21.9 Å². The molecule has 1 aliphatic rings. The molecule has 0 radical (unpaired) electrons. The molecular weight excluding hydrogens is 354 g/mol. The molecule has 1 aromatic carbocycles. The highest BCUT2D eigenvalue weighted by Gasteiger charge is 2.30. The number of hydrogen-bond acceptors (Lipinski definition) is 2. The largest absolute Gasteiger partial charge is 0.311 e. The summed E-state index contributed by atoms with van der Waals surface area (Å²) in [6.07, 6.45) is 0.600. The lowest BCUT2D eigenvalue weighted by Gasteiger charge is -2.18. The van der Waals surface area contributed by atoms with Crippen molar-refractivity contribution in [1.29, 1.82) is 0 Å². The molecule has 2 rings (SSSR count). The number of anilines is 1. The Morgan fingerprint density at radius 1 is 1.44 bits per heavy atom. The summed E-state index contributed by atoms with van der Waals surface area (Å²) in [5.74, 6) is 1.30. The fourth-order valence-electron chi connectivity index (χ4n) is 1.83. The lowest BCUT2D eigenvalue weighted by atomic mass is 10.1. The predicted molar refractivity (Wildman–Crippen MR) is 76.2 cm³/mol. The van der Waals surface area contributed by atoms with Crippen molar-refractivity contribution in [2.75, 3.05) is 17.2 Å². The van der Waals surface area contributed by atoms with Crippen molar-refractivity contribution < 1.29 is 4.79 Å². The van der Waals surface area contributed by atoms with Gasteiger partial charge in [-0.3, -0.25) is 4.79 Å². The first-order chi connectivity index (χ1) is 7.61. The Balaban J connectivity index is 2.30. The third-order valence-electron chi connectivity index (χ3n) is 2.66. The Labute approximate surface area is 117 Å². The highest BCUT2D eigenvalue weighted by Crippen LogP contribution is 2.33. The van der Waals surface area contributed by atoms with Crippen molar-refractivity contribution in [3.8, 4) is 0 Å². The van der Waals surface area contributed by atoms with E-state index in [0.717, 1.165) is 26.9 Å². The van der Waals surface area contributed by atoms with E-state index < -0.39 is 0 Å². The van der Waals surface area contributed by atoms with E-state index in [4.69, 9.17) is 0 Å². The number of hydrogen-bond donors (Lipinski definition) is 1. The van der Waals surface area contributed by atoms with Crippen LogP contribution in [0.15, 0.2) is 27.1 Å². The number of carbonyl (C=O) groups is 1. The molecule has 1 aliphatic heterocycles. The molecule has 1 atom stereocenters. The van der Waals surface area contributed by atoms with Gasteiger partial charge in [-0.2, -0.15) is 12.6 Å². The number of carbonyl (C=O) groups excluding carboxylic acids is 1. The highest BCUT2D eigenvalue weighted by molar-refractivity contribution is 9.11. The molecule has 1 heterocycles. The van der Waals surface area contributed by atoms with Crippen molar-refractivity contribution in [3.05, 3.63) is 27.1 Å². The van der Waals surface area contributed by atoms with Gasteiger partial charge in [-0.05, 0) is 45.8 Å². The number of thiol groups is 1. The van der Waals surface area contributed by atoms with Crippen molar-refractivity contribution >= 4 is 56.1 Å². The number of nitrogens with zero attached hydrogens (tertiary/aromatic N) is 1. The van der Waals surface area contributed by atoms with E-state index in [0.29, 0.717) is 12.3 Å². The van der Waals surface area contributed by atoms with Crippen LogP contribution in [0.25, 0.3) is 0 Å². The lowest BCUT2D eigenvalue weighted by molar-refractivity contribution is -0.117. The van der Waals surface area contributed by atoms with Crippen LogP contribution < -0.4 is 4.90 Å². The normalized spacial score (nSPS) is 20.6. The molecule has 0 spiro atoms. The Hall–Kier alpha value is -0.000000000000000111. The van der Waals surface area contributed by atoms with Gasteiger partial charge >= 0.3 is 0 Å². The molecule has 5 heteroatoms. The molecule has 2 nitrogen and oxygen atoms in total. The first kappa shape index (κ1) is 12.5. The standard InChI is InChI=1S/C11H11Br2NOS/c12-8-1-2-9(13)10(4-8)14-5-7(6-16)3-11(14)15/h1-2,4,7,16H,3,5-6H2. The maximum atomic E-state index is 11.9. The Morgan fingerprint density at radius 2 is 2.19 bits per heavy atom. The summed E-state index contributed by atoms with van der Waals surface area (Å²) in [7, 11) is 0. The minimum absolute atomic E-state index is 0.179. The van der Waals surface area contributed by atoms with Gasteiger partial charge in [0.15, 0.2) is 0 Å². The molecule has 0 aromatic heterocycles. The van der Waals surface area contributed by atoms with Crippen LogP contribution in [0, 0.1) is 5.92 Å². The Bertz CT molecular complexity index is 424. The first-order valence-corrected chi connectivity index (χ1v) is 7.20. The van der Waals surface area contributed by atoms with Crippen LogP contribution >= 0.6 is 44.5 Å². The summed E-state index contributed by atoms with van der Waals surface area (Å²) < 4.78 is 1.93. The van der Waals surface area contributed by atoms with Gasteiger partial charge in [0.05, 0.1) is 5.69 Å². The average molecular weight is 365 g/mol. The SMILES string of the molecule is O=C1CC(CS)CN1c1cc(Br)ccc1Br. The van der Waals surface area contributed by atoms with Gasteiger partial charge in [-0.15, -0.1) is 0 Å². The quantitative estimate of drug-likeness (QED) is 0.796. The number of amides is 1. The van der Waals surface area contributed by atoms with Gasteiger partial charge < -0.3 is 4.90 Å². The predicted octanol–water partition coefficient (Wildman–Crippen LogP) is 3.49. The van der Waals surface area contributed by atoms with Crippen molar-refractivity contribution in [1.82, 2.24) is 0 Å². The Kier molecular flexibility index (Phi) is 3.97. The second kappa shape index (κ2) is 5.10. The molecule has 1 amide bonds. The van der Waals surface area contributed by atoms with Crippen LogP contribution in [-0.2, 0) is 4.79 Å². The van der Waals surface area contributed by atoms with Crippen molar-refractivity contribution in [2.45, 2.75) is 6.42 Å². The van der Waals surface area contributed by atoms with Crippen LogP contribution in [0.3, 0.4) is 0 Å². The zero-order chi connectivity index (χ0) is 11.7. The monoisotopic (exact) mass is 363 g/mol. The molecule has 0 bridgehead atoms. The van der Waals surface area contributed by atoms with Crippen LogP contribution in [-0.4, -0.2) is 18.2 Å². The summed E-state index contributed by atoms with van der Waals surface area (Å²) in [4.78, 5) is 13.7. The molecule has 16 heavy (non-hydrogen) atoms. The van der Waals surface area contributed by atoms with E-state index in [1.165, 1.54) is 0 Å². The summed E-state index contributed by atoms with van der Waals surface area (Å²) in [6.45, 7) is 0.761. The topological polar surface area (TPSA) is 20.3 Å².